The third kappa shape index (κ3) is 4.27. The Morgan fingerprint density at radius 2 is 1.47 bits per heavy atom. The minimum absolute atomic E-state index is 0.214. The lowest BCUT2D eigenvalue weighted by Crippen LogP contribution is -2.15. The highest BCUT2D eigenvalue weighted by Gasteiger charge is 2.21. The molecule has 1 aromatic heterocycles. The van der Waals surface area contributed by atoms with Crippen LogP contribution in [0.5, 0.6) is 23.0 Å². The van der Waals surface area contributed by atoms with Crippen molar-refractivity contribution in [2.45, 2.75) is 0 Å². The molecule has 0 aliphatic rings. The molecule has 174 valence electrons. The van der Waals surface area contributed by atoms with Crippen molar-refractivity contribution in [1.82, 2.24) is 0 Å². The summed E-state index contributed by atoms with van der Waals surface area (Å²) < 4.78 is 22.3. The predicted molar refractivity (Wildman–Crippen MR) is 134 cm³/mol. The van der Waals surface area contributed by atoms with Crippen LogP contribution in [-0.2, 0) is 0 Å². The SMILES string of the molecule is COc1ccc(C(=O)Nc2sc3ccccc3c(=O)c2-c2cc(OC)c(OC)c(OC)c2)cc1. The number of methoxy groups -OCH3 is 4. The van der Waals surface area contributed by atoms with Crippen LogP contribution >= 0.6 is 11.3 Å². The van der Waals surface area contributed by atoms with Crippen LogP contribution in [0.1, 0.15) is 10.4 Å². The molecule has 3 aromatic carbocycles. The molecule has 0 aliphatic carbocycles. The second-order valence-corrected chi connectivity index (χ2v) is 8.28. The van der Waals surface area contributed by atoms with Crippen molar-refractivity contribution in [3.63, 3.8) is 0 Å². The number of amides is 1. The smallest absolute Gasteiger partial charge is 0.256 e. The van der Waals surface area contributed by atoms with E-state index in [4.69, 9.17) is 18.9 Å². The number of fused-ring (bicyclic) bond motifs is 1. The molecule has 0 atom stereocenters. The highest BCUT2D eigenvalue weighted by Crippen LogP contribution is 2.43. The average molecular weight is 478 g/mol. The van der Waals surface area contributed by atoms with Gasteiger partial charge < -0.3 is 24.3 Å². The topological polar surface area (TPSA) is 83.1 Å². The fourth-order valence-corrected chi connectivity index (χ4v) is 4.73. The maximum absolute atomic E-state index is 13.6. The lowest BCUT2D eigenvalue weighted by atomic mass is 10.0. The third-order valence-electron chi connectivity index (χ3n) is 5.33. The summed E-state index contributed by atoms with van der Waals surface area (Å²) >= 11 is 1.32. The van der Waals surface area contributed by atoms with E-state index < -0.39 is 0 Å². The summed E-state index contributed by atoms with van der Waals surface area (Å²) in [6.07, 6.45) is 0. The van der Waals surface area contributed by atoms with Gasteiger partial charge in [0.1, 0.15) is 10.8 Å². The molecular weight excluding hydrogens is 454 g/mol. The standard InChI is InChI=1S/C26H23NO6S/c1-30-17-11-9-15(10-12-17)25(29)27-26-22(23(28)18-7-5-6-8-21(18)34-26)16-13-19(31-2)24(33-4)20(14-16)32-3/h5-14H,1-4H3,(H,27,29). The molecule has 0 bridgehead atoms. The first-order valence-electron chi connectivity index (χ1n) is 10.3. The molecule has 7 nitrogen and oxygen atoms in total. The fraction of sp³-hybridized carbons (Fsp3) is 0.154. The quantitative estimate of drug-likeness (QED) is 0.393. The molecule has 0 saturated carbocycles. The number of carbonyl (C=O) groups is 1. The summed E-state index contributed by atoms with van der Waals surface area (Å²) in [4.78, 5) is 26.7. The number of rotatable bonds is 7. The lowest BCUT2D eigenvalue weighted by Gasteiger charge is -2.16. The van der Waals surface area contributed by atoms with Gasteiger partial charge in [-0.2, -0.15) is 0 Å². The first-order chi connectivity index (χ1) is 16.5. The van der Waals surface area contributed by atoms with Crippen molar-refractivity contribution in [2.24, 2.45) is 0 Å². The van der Waals surface area contributed by atoms with E-state index in [0.29, 0.717) is 50.1 Å². The molecule has 1 N–H and O–H groups in total. The number of hydrogen-bond acceptors (Lipinski definition) is 7. The Bertz CT molecular complexity index is 1390. The Hall–Kier alpha value is -4.04. The molecule has 34 heavy (non-hydrogen) atoms. The molecule has 4 aromatic rings. The van der Waals surface area contributed by atoms with Crippen LogP contribution in [0, 0.1) is 0 Å². The van der Waals surface area contributed by atoms with Gasteiger partial charge in [0.05, 0.1) is 34.0 Å². The normalized spacial score (nSPS) is 10.6. The number of carbonyl (C=O) groups excluding carboxylic acids is 1. The number of anilines is 1. The van der Waals surface area contributed by atoms with Gasteiger partial charge in [-0.3, -0.25) is 9.59 Å². The largest absolute Gasteiger partial charge is 0.497 e. The summed E-state index contributed by atoms with van der Waals surface area (Å²) in [5.74, 6) is 1.52. The molecule has 0 aliphatic heterocycles. The number of benzene rings is 3. The van der Waals surface area contributed by atoms with Crippen molar-refractivity contribution in [1.29, 1.82) is 0 Å². The van der Waals surface area contributed by atoms with Gasteiger partial charge in [0.2, 0.25) is 5.75 Å². The first-order valence-corrected chi connectivity index (χ1v) is 11.1. The van der Waals surface area contributed by atoms with Gasteiger partial charge in [-0.25, -0.2) is 0 Å². The number of nitrogens with one attached hydrogen (secondary N) is 1. The van der Waals surface area contributed by atoms with E-state index in [2.05, 4.69) is 5.32 Å². The Labute approximate surface area is 200 Å². The van der Waals surface area contributed by atoms with E-state index in [0.717, 1.165) is 4.70 Å². The van der Waals surface area contributed by atoms with E-state index >= 15 is 0 Å². The summed E-state index contributed by atoms with van der Waals surface area (Å²) in [5, 5.41) is 3.90. The Kier molecular flexibility index (Phi) is 6.70. The van der Waals surface area contributed by atoms with Gasteiger partial charge in [-0.15, -0.1) is 11.3 Å². The molecule has 0 unspecified atom stereocenters. The van der Waals surface area contributed by atoms with E-state index in [9.17, 15) is 9.59 Å². The van der Waals surface area contributed by atoms with Gasteiger partial charge in [0.15, 0.2) is 16.9 Å². The minimum atomic E-state index is -0.345. The van der Waals surface area contributed by atoms with Crippen LogP contribution in [0.4, 0.5) is 5.00 Å². The fourth-order valence-electron chi connectivity index (χ4n) is 3.64. The van der Waals surface area contributed by atoms with E-state index in [1.165, 1.54) is 32.7 Å². The molecule has 0 spiro atoms. The van der Waals surface area contributed by atoms with Crippen molar-refractivity contribution in [2.75, 3.05) is 33.8 Å². The molecule has 0 fully saturated rings. The van der Waals surface area contributed by atoms with Gasteiger partial charge in [0.25, 0.3) is 5.91 Å². The van der Waals surface area contributed by atoms with Gasteiger partial charge >= 0.3 is 0 Å². The maximum Gasteiger partial charge on any atom is 0.256 e. The van der Waals surface area contributed by atoms with Crippen molar-refractivity contribution >= 4 is 32.3 Å². The summed E-state index contributed by atoms with van der Waals surface area (Å²) in [6.45, 7) is 0. The van der Waals surface area contributed by atoms with Crippen LogP contribution < -0.4 is 29.7 Å². The van der Waals surface area contributed by atoms with Crippen molar-refractivity contribution in [3.8, 4) is 34.1 Å². The molecule has 0 saturated heterocycles. The average Bonchev–Trinajstić information content (AvgIpc) is 2.88. The van der Waals surface area contributed by atoms with Crippen molar-refractivity contribution in [3.05, 3.63) is 76.5 Å². The summed E-state index contributed by atoms with van der Waals surface area (Å²) in [6, 6.07) is 17.4. The number of hydrogen-bond donors (Lipinski definition) is 1. The van der Waals surface area contributed by atoms with Crippen LogP contribution in [-0.4, -0.2) is 34.3 Å². The molecule has 8 heteroatoms. The van der Waals surface area contributed by atoms with Crippen LogP contribution in [0.25, 0.3) is 21.2 Å². The zero-order valence-corrected chi connectivity index (χ0v) is 19.9. The minimum Gasteiger partial charge on any atom is -0.497 e. The Balaban J connectivity index is 1.91. The second kappa shape index (κ2) is 9.84. The maximum atomic E-state index is 13.6. The second-order valence-electron chi connectivity index (χ2n) is 7.23. The zero-order valence-electron chi connectivity index (χ0n) is 19.1. The zero-order chi connectivity index (χ0) is 24.2. The first kappa shape index (κ1) is 23.1. The van der Waals surface area contributed by atoms with Crippen LogP contribution in [0.2, 0.25) is 0 Å². The molecule has 1 amide bonds. The highest BCUT2D eigenvalue weighted by atomic mass is 32.1. The van der Waals surface area contributed by atoms with Crippen LogP contribution in [0.3, 0.4) is 0 Å². The predicted octanol–water partition coefficient (Wildman–Crippen LogP) is 5.22. The molecule has 4 rings (SSSR count). The monoisotopic (exact) mass is 477 g/mol. The summed E-state index contributed by atoms with van der Waals surface area (Å²) in [7, 11) is 6.09. The Morgan fingerprint density at radius 1 is 0.824 bits per heavy atom. The van der Waals surface area contributed by atoms with E-state index in [-0.39, 0.29) is 11.3 Å². The molecular formula is C26H23NO6S. The third-order valence-corrected chi connectivity index (χ3v) is 6.42. The highest BCUT2D eigenvalue weighted by molar-refractivity contribution is 7.22. The van der Waals surface area contributed by atoms with Gasteiger partial charge in [0, 0.05) is 15.6 Å². The molecule has 0 radical (unpaired) electrons. The Morgan fingerprint density at radius 3 is 2.06 bits per heavy atom. The summed E-state index contributed by atoms with van der Waals surface area (Å²) in [5.41, 5.74) is 1.09. The van der Waals surface area contributed by atoms with Crippen molar-refractivity contribution < 1.29 is 23.7 Å². The van der Waals surface area contributed by atoms with E-state index in [1.54, 1.807) is 49.6 Å². The lowest BCUT2D eigenvalue weighted by molar-refractivity contribution is 0.102. The van der Waals surface area contributed by atoms with Gasteiger partial charge in [-0.05, 0) is 54.1 Å². The number of ether oxygens (including phenoxy) is 4. The van der Waals surface area contributed by atoms with Crippen LogP contribution in [0.15, 0.2) is 65.5 Å². The van der Waals surface area contributed by atoms with E-state index in [1.807, 2.05) is 18.2 Å². The molecule has 1 heterocycles. The van der Waals surface area contributed by atoms with Gasteiger partial charge in [-0.1, -0.05) is 12.1 Å².